The number of hydrogen-bond donors (Lipinski definition) is 3. The molecular weight excluding hydrogens is 453 g/mol. The van der Waals surface area contributed by atoms with Gasteiger partial charge in [0.2, 0.25) is 5.89 Å². The van der Waals surface area contributed by atoms with Gasteiger partial charge >= 0.3 is 0 Å². The second-order valence-electron chi connectivity index (χ2n) is 6.43. The molecule has 2 heterocycles. The molecule has 3 N–H and O–H groups in total. The van der Waals surface area contributed by atoms with E-state index in [1.807, 2.05) is 13.8 Å². The summed E-state index contributed by atoms with van der Waals surface area (Å²) in [7, 11) is 0. The lowest BCUT2D eigenvalue weighted by molar-refractivity contribution is 0.473. The highest BCUT2D eigenvalue weighted by atomic mass is 127. The van der Waals surface area contributed by atoms with Crippen molar-refractivity contribution in [2.75, 3.05) is 13.1 Å². The van der Waals surface area contributed by atoms with Crippen LogP contribution in [0.4, 0.5) is 0 Å². The number of benzene rings is 1. The SMILES string of the molecule is CCNC(=NCc1nc(C)c(C)o1)NCCc1c[nH]c2c(C)cccc12.I. The largest absolute Gasteiger partial charge is 0.444 e. The first kappa shape index (κ1) is 21.3. The minimum Gasteiger partial charge on any atom is -0.444 e. The summed E-state index contributed by atoms with van der Waals surface area (Å²) in [5.41, 5.74) is 4.72. The van der Waals surface area contributed by atoms with Gasteiger partial charge in [-0.25, -0.2) is 9.98 Å². The van der Waals surface area contributed by atoms with E-state index in [0.717, 1.165) is 36.9 Å². The Morgan fingerprint density at radius 2 is 2.04 bits per heavy atom. The number of halogens is 1. The van der Waals surface area contributed by atoms with Crippen LogP contribution in [0.2, 0.25) is 0 Å². The maximum absolute atomic E-state index is 5.59. The van der Waals surface area contributed by atoms with Gasteiger partial charge in [-0.05, 0) is 45.2 Å². The molecule has 0 aliphatic carbocycles. The van der Waals surface area contributed by atoms with Crippen molar-refractivity contribution in [2.45, 2.75) is 40.7 Å². The standard InChI is InChI=1S/C20H27N5O.HI/c1-5-21-20(24-12-18-25-14(3)15(4)26-18)22-10-9-16-11-23-19-13(2)7-6-8-17(16)19;/h6-8,11,23H,5,9-10,12H2,1-4H3,(H2,21,22,24);1H. The second kappa shape index (κ2) is 9.77. The Morgan fingerprint density at radius 3 is 2.74 bits per heavy atom. The van der Waals surface area contributed by atoms with Gasteiger partial charge in [0.05, 0.1) is 5.69 Å². The Hall–Kier alpha value is -2.03. The van der Waals surface area contributed by atoms with Crippen LogP contribution in [-0.4, -0.2) is 29.0 Å². The lowest BCUT2D eigenvalue weighted by atomic mass is 10.1. The van der Waals surface area contributed by atoms with E-state index in [-0.39, 0.29) is 24.0 Å². The number of hydrogen-bond acceptors (Lipinski definition) is 3. The lowest BCUT2D eigenvalue weighted by Gasteiger charge is -2.10. The zero-order chi connectivity index (χ0) is 18.5. The van der Waals surface area contributed by atoms with Crippen molar-refractivity contribution < 1.29 is 4.42 Å². The fraction of sp³-hybridized carbons (Fsp3) is 0.400. The molecule has 0 radical (unpaired) electrons. The highest BCUT2D eigenvalue weighted by Gasteiger charge is 2.07. The Balaban J connectivity index is 0.00000261. The van der Waals surface area contributed by atoms with E-state index in [9.17, 15) is 0 Å². The first-order valence-corrected chi connectivity index (χ1v) is 9.09. The maximum Gasteiger partial charge on any atom is 0.216 e. The summed E-state index contributed by atoms with van der Waals surface area (Å²) in [6.45, 7) is 10.1. The molecule has 0 amide bonds. The molecule has 27 heavy (non-hydrogen) atoms. The number of rotatable bonds is 6. The smallest absolute Gasteiger partial charge is 0.216 e. The molecule has 1 aromatic carbocycles. The number of H-pyrrole nitrogens is 1. The third kappa shape index (κ3) is 5.24. The summed E-state index contributed by atoms with van der Waals surface area (Å²) >= 11 is 0. The fourth-order valence-corrected chi connectivity index (χ4v) is 2.98. The van der Waals surface area contributed by atoms with Crippen molar-refractivity contribution in [3.8, 4) is 0 Å². The normalized spacial score (nSPS) is 11.5. The predicted molar refractivity (Wildman–Crippen MR) is 121 cm³/mol. The number of aryl methyl sites for hydroxylation is 3. The van der Waals surface area contributed by atoms with Crippen LogP contribution >= 0.6 is 24.0 Å². The number of para-hydroxylation sites is 1. The zero-order valence-electron chi connectivity index (χ0n) is 16.3. The predicted octanol–water partition coefficient (Wildman–Crippen LogP) is 4.00. The number of nitrogens with one attached hydrogen (secondary N) is 3. The van der Waals surface area contributed by atoms with Gasteiger partial charge in [-0.15, -0.1) is 24.0 Å². The lowest BCUT2D eigenvalue weighted by Crippen LogP contribution is -2.38. The van der Waals surface area contributed by atoms with Crippen LogP contribution in [0.3, 0.4) is 0 Å². The molecule has 0 aliphatic heterocycles. The van der Waals surface area contributed by atoms with Gasteiger partial charge in [0.1, 0.15) is 12.3 Å². The Morgan fingerprint density at radius 1 is 1.22 bits per heavy atom. The molecule has 146 valence electrons. The van der Waals surface area contributed by atoms with E-state index >= 15 is 0 Å². The molecular formula is C20H28IN5O. The van der Waals surface area contributed by atoms with Crippen LogP contribution in [0, 0.1) is 20.8 Å². The molecule has 0 saturated carbocycles. The molecule has 0 bridgehead atoms. The fourth-order valence-electron chi connectivity index (χ4n) is 2.98. The van der Waals surface area contributed by atoms with Gasteiger partial charge in [0.25, 0.3) is 0 Å². The second-order valence-corrected chi connectivity index (χ2v) is 6.43. The van der Waals surface area contributed by atoms with E-state index in [1.165, 1.54) is 22.0 Å². The topological polar surface area (TPSA) is 78.2 Å². The molecule has 7 heteroatoms. The van der Waals surface area contributed by atoms with E-state index in [0.29, 0.717) is 12.4 Å². The Bertz CT molecular complexity index is 893. The van der Waals surface area contributed by atoms with Crippen LogP contribution in [-0.2, 0) is 13.0 Å². The van der Waals surface area contributed by atoms with Crippen LogP contribution < -0.4 is 10.6 Å². The Labute approximate surface area is 177 Å². The van der Waals surface area contributed by atoms with Crippen LogP contribution in [0.25, 0.3) is 10.9 Å². The van der Waals surface area contributed by atoms with Crippen molar-refractivity contribution >= 4 is 40.8 Å². The van der Waals surface area contributed by atoms with E-state index < -0.39 is 0 Å². The Kier molecular flexibility index (Phi) is 7.70. The van der Waals surface area contributed by atoms with Crippen molar-refractivity contribution in [3.05, 3.63) is 52.9 Å². The van der Waals surface area contributed by atoms with Crippen molar-refractivity contribution in [3.63, 3.8) is 0 Å². The van der Waals surface area contributed by atoms with Crippen LogP contribution in [0.5, 0.6) is 0 Å². The third-order valence-corrected chi connectivity index (χ3v) is 4.49. The average molecular weight is 481 g/mol. The molecule has 0 spiro atoms. The summed E-state index contributed by atoms with van der Waals surface area (Å²) < 4.78 is 5.59. The van der Waals surface area contributed by atoms with E-state index in [4.69, 9.17) is 4.42 Å². The maximum atomic E-state index is 5.59. The molecule has 3 rings (SSSR count). The third-order valence-electron chi connectivity index (χ3n) is 4.49. The quantitative estimate of drug-likeness (QED) is 0.283. The van der Waals surface area contributed by atoms with Crippen molar-refractivity contribution in [1.29, 1.82) is 0 Å². The highest BCUT2D eigenvalue weighted by Crippen LogP contribution is 2.21. The van der Waals surface area contributed by atoms with Crippen LogP contribution in [0.1, 0.15) is 35.4 Å². The number of aromatic nitrogens is 2. The molecule has 0 fully saturated rings. The number of fused-ring (bicyclic) bond motifs is 1. The summed E-state index contributed by atoms with van der Waals surface area (Å²) in [6, 6.07) is 6.40. The number of aromatic amines is 1. The highest BCUT2D eigenvalue weighted by molar-refractivity contribution is 14.0. The number of nitrogens with zero attached hydrogens (tertiary/aromatic N) is 2. The summed E-state index contributed by atoms with van der Waals surface area (Å²) in [4.78, 5) is 12.3. The number of oxazole rings is 1. The molecule has 0 saturated heterocycles. The molecule has 0 atom stereocenters. The van der Waals surface area contributed by atoms with Gasteiger partial charge in [-0.3, -0.25) is 0 Å². The zero-order valence-corrected chi connectivity index (χ0v) is 18.7. The minimum atomic E-state index is 0. The first-order chi connectivity index (χ1) is 12.6. The molecule has 0 aliphatic rings. The van der Waals surface area contributed by atoms with Gasteiger partial charge < -0.3 is 20.0 Å². The van der Waals surface area contributed by atoms with Gasteiger partial charge in [-0.1, -0.05) is 18.2 Å². The number of aliphatic imine (C=N–C) groups is 1. The summed E-state index contributed by atoms with van der Waals surface area (Å²) in [5, 5.41) is 7.94. The van der Waals surface area contributed by atoms with Crippen molar-refractivity contribution in [1.82, 2.24) is 20.6 Å². The molecule has 3 aromatic rings. The average Bonchev–Trinajstić information content (AvgIpc) is 3.17. The van der Waals surface area contributed by atoms with Gasteiger partial charge in [0.15, 0.2) is 5.96 Å². The van der Waals surface area contributed by atoms with Gasteiger partial charge in [0, 0.05) is 30.2 Å². The van der Waals surface area contributed by atoms with Crippen LogP contribution in [0.15, 0.2) is 33.8 Å². The first-order valence-electron chi connectivity index (χ1n) is 9.09. The summed E-state index contributed by atoms with van der Waals surface area (Å²) in [5.74, 6) is 2.27. The minimum absolute atomic E-state index is 0. The van der Waals surface area contributed by atoms with Crippen molar-refractivity contribution in [2.24, 2.45) is 4.99 Å². The van der Waals surface area contributed by atoms with E-state index in [1.54, 1.807) is 0 Å². The van der Waals surface area contributed by atoms with Gasteiger partial charge in [-0.2, -0.15) is 0 Å². The van der Waals surface area contributed by atoms with E-state index in [2.05, 4.69) is 63.8 Å². The molecule has 6 nitrogen and oxygen atoms in total. The molecule has 2 aromatic heterocycles. The summed E-state index contributed by atoms with van der Waals surface area (Å²) in [6.07, 6.45) is 3.02. The number of guanidine groups is 1. The molecule has 0 unspecified atom stereocenters. The monoisotopic (exact) mass is 481 g/mol.